The van der Waals surface area contributed by atoms with Crippen molar-refractivity contribution >= 4 is 49.9 Å². The highest BCUT2D eigenvalue weighted by Crippen LogP contribution is 2.28. The van der Waals surface area contributed by atoms with Gasteiger partial charge in [0.15, 0.2) is 0 Å². The molecule has 1 saturated heterocycles. The Morgan fingerprint density at radius 3 is 2.40 bits per heavy atom. The summed E-state index contributed by atoms with van der Waals surface area (Å²) in [6.45, 7) is 0.583. The van der Waals surface area contributed by atoms with E-state index in [4.69, 9.17) is 23.2 Å². The van der Waals surface area contributed by atoms with E-state index in [1.165, 1.54) is 27.4 Å². The molecule has 10 heteroatoms. The second-order valence-electron chi connectivity index (χ2n) is 6.87. The summed E-state index contributed by atoms with van der Waals surface area (Å²) in [6, 6.07) is 12.9. The maximum Gasteiger partial charge on any atom is 0.270 e. The van der Waals surface area contributed by atoms with E-state index in [-0.39, 0.29) is 58.3 Å². The minimum atomic E-state index is -3.84. The van der Waals surface area contributed by atoms with Crippen molar-refractivity contribution in [2.45, 2.75) is 4.90 Å². The summed E-state index contributed by atoms with van der Waals surface area (Å²) in [5, 5.41) is 1.53. The van der Waals surface area contributed by atoms with Gasteiger partial charge in [0.25, 0.3) is 11.5 Å². The van der Waals surface area contributed by atoms with Crippen molar-refractivity contribution in [3.05, 3.63) is 74.6 Å². The topological polar surface area (TPSA) is 90.6 Å². The number of aromatic nitrogens is 1. The minimum absolute atomic E-state index is 0.0599. The molecule has 30 heavy (non-hydrogen) atoms. The molecule has 1 fully saturated rings. The molecule has 1 amide bonds. The summed E-state index contributed by atoms with van der Waals surface area (Å²) >= 11 is 12.0. The van der Waals surface area contributed by atoms with E-state index >= 15 is 0 Å². The first-order chi connectivity index (χ1) is 14.3. The lowest BCUT2D eigenvalue weighted by Gasteiger charge is -2.34. The number of benzene rings is 2. The average Bonchev–Trinajstić information content (AvgIpc) is 2.75. The van der Waals surface area contributed by atoms with Crippen molar-refractivity contribution in [3.63, 3.8) is 0 Å². The zero-order valence-corrected chi connectivity index (χ0v) is 18.0. The molecule has 3 aromatic rings. The largest absolute Gasteiger partial charge is 0.335 e. The smallest absolute Gasteiger partial charge is 0.270 e. The van der Waals surface area contributed by atoms with Crippen LogP contribution in [0.4, 0.5) is 0 Å². The van der Waals surface area contributed by atoms with Crippen LogP contribution in [0.1, 0.15) is 10.5 Å². The van der Waals surface area contributed by atoms with Gasteiger partial charge in [0.1, 0.15) is 10.6 Å². The predicted molar refractivity (Wildman–Crippen MR) is 116 cm³/mol. The first kappa shape index (κ1) is 20.9. The Bertz CT molecular complexity index is 1300. The number of H-pyrrole nitrogens is 1. The summed E-state index contributed by atoms with van der Waals surface area (Å²) in [4.78, 5) is 29.2. The molecule has 0 bridgehead atoms. The Hall–Kier alpha value is -2.39. The molecule has 1 N–H and O–H groups in total. The number of piperazine rings is 1. The quantitative estimate of drug-likeness (QED) is 0.643. The average molecular weight is 466 g/mol. The van der Waals surface area contributed by atoms with Gasteiger partial charge in [0.05, 0.1) is 5.02 Å². The monoisotopic (exact) mass is 465 g/mol. The highest BCUT2D eigenvalue weighted by atomic mass is 35.5. The van der Waals surface area contributed by atoms with E-state index in [1.54, 1.807) is 30.3 Å². The Kier molecular flexibility index (Phi) is 5.59. The number of sulfonamides is 1. The Balaban J connectivity index is 1.53. The van der Waals surface area contributed by atoms with E-state index < -0.39 is 10.0 Å². The number of pyridine rings is 1. The van der Waals surface area contributed by atoms with Crippen molar-refractivity contribution in [1.29, 1.82) is 0 Å². The van der Waals surface area contributed by atoms with Gasteiger partial charge in [0, 0.05) is 36.6 Å². The number of amides is 1. The first-order valence-electron chi connectivity index (χ1n) is 9.14. The number of aromatic amines is 1. The fraction of sp³-hybridized carbons (Fsp3) is 0.200. The third-order valence-corrected chi connectivity index (χ3v) is 7.64. The van der Waals surface area contributed by atoms with Crippen LogP contribution >= 0.6 is 23.2 Å². The molecule has 1 aliphatic rings. The van der Waals surface area contributed by atoms with Gasteiger partial charge < -0.3 is 9.88 Å². The number of hydrogen-bond acceptors (Lipinski definition) is 4. The predicted octanol–water partition coefficient (Wildman–Crippen LogP) is 2.98. The number of carbonyl (C=O) groups is 1. The number of nitrogens with one attached hydrogen (secondary N) is 1. The third-order valence-electron chi connectivity index (χ3n) is 5.02. The molecule has 0 aliphatic carbocycles. The van der Waals surface area contributed by atoms with Gasteiger partial charge in [-0.1, -0.05) is 41.4 Å². The summed E-state index contributed by atoms with van der Waals surface area (Å²) in [7, 11) is -3.84. The van der Waals surface area contributed by atoms with Gasteiger partial charge in [-0.15, -0.1) is 0 Å². The van der Waals surface area contributed by atoms with Crippen molar-refractivity contribution in [1.82, 2.24) is 14.2 Å². The fourth-order valence-electron chi connectivity index (χ4n) is 3.44. The number of nitrogens with zero attached hydrogens (tertiary/aromatic N) is 2. The van der Waals surface area contributed by atoms with Crippen LogP contribution in [-0.4, -0.2) is 54.7 Å². The van der Waals surface area contributed by atoms with Crippen LogP contribution in [-0.2, 0) is 10.0 Å². The van der Waals surface area contributed by atoms with E-state index in [0.717, 1.165) is 0 Å². The maximum atomic E-state index is 12.9. The lowest BCUT2D eigenvalue weighted by atomic mass is 10.1. The van der Waals surface area contributed by atoms with Gasteiger partial charge in [-0.25, -0.2) is 8.42 Å². The van der Waals surface area contributed by atoms with E-state index in [0.29, 0.717) is 10.8 Å². The van der Waals surface area contributed by atoms with Gasteiger partial charge >= 0.3 is 0 Å². The van der Waals surface area contributed by atoms with Gasteiger partial charge in [-0.05, 0) is 35.7 Å². The van der Waals surface area contributed by atoms with Crippen molar-refractivity contribution in [3.8, 4) is 0 Å². The summed E-state index contributed by atoms with van der Waals surface area (Å²) in [5.41, 5.74) is -0.166. The number of carbonyl (C=O) groups excluding carboxylic acids is 1. The molecule has 156 valence electrons. The second-order valence-corrected chi connectivity index (χ2v) is 9.62. The van der Waals surface area contributed by atoms with E-state index in [2.05, 4.69) is 4.98 Å². The molecule has 2 aromatic carbocycles. The SMILES string of the molecule is O=C(c1cc2ccccc2c(=O)[nH]1)N1CCN(S(=O)(=O)c2cc(Cl)ccc2Cl)CC1. The molecule has 7 nitrogen and oxygen atoms in total. The third kappa shape index (κ3) is 3.83. The van der Waals surface area contributed by atoms with E-state index in [9.17, 15) is 18.0 Å². The van der Waals surface area contributed by atoms with Crippen LogP contribution in [0.5, 0.6) is 0 Å². The second kappa shape index (κ2) is 8.03. The van der Waals surface area contributed by atoms with Crippen molar-refractivity contribution in [2.75, 3.05) is 26.2 Å². The van der Waals surface area contributed by atoms with Crippen LogP contribution < -0.4 is 5.56 Å². The van der Waals surface area contributed by atoms with Gasteiger partial charge in [-0.3, -0.25) is 9.59 Å². The highest BCUT2D eigenvalue weighted by molar-refractivity contribution is 7.89. The van der Waals surface area contributed by atoms with Crippen LogP contribution in [0.15, 0.2) is 58.2 Å². The van der Waals surface area contributed by atoms with E-state index in [1.807, 2.05) is 0 Å². The zero-order valence-electron chi connectivity index (χ0n) is 15.6. The summed E-state index contributed by atoms with van der Waals surface area (Å²) < 4.78 is 27.1. The number of halogens is 2. The molecule has 1 aliphatic heterocycles. The molecule has 0 radical (unpaired) electrons. The number of hydrogen-bond donors (Lipinski definition) is 1. The zero-order chi connectivity index (χ0) is 21.5. The fourth-order valence-corrected chi connectivity index (χ4v) is 5.60. The minimum Gasteiger partial charge on any atom is -0.335 e. The van der Waals surface area contributed by atoms with Gasteiger partial charge in [0.2, 0.25) is 10.0 Å². The molecule has 0 unspecified atom stereocenters. The maximum absolute atomic E-state index is 12.9. The molecular formula is C20H17Cl2N3O4S. The Morgan fingerprint density at radius 1 is 0.967 bits per heavy atom. The standard InChI is InChI=1S/C20H17Cl2N3O4S/c21-14-5-6-16(22)18(12-14)30(28,29)25-9-7-24(8-10-25)20(27)17-11-13-3-1-2-4-15(13)19(26)23-17/h1-6,11-12H,7-10H2,(H,23,26). The van der Waals surface area contributed by atoms with Crippen LogP contribution in [0.25, 0.3) is 10.8 Å². The Morgan fingerprint density at radius 2 is 1.67 bits per heavy atom. The van der Waals surface area contributed by atoms with Crippen LogP contribution in [0.3, 0.4) is 0 Å². The molecule has 2 heterocycles. The molecule has 0 spiro atoms. The molecule has 4 rings (SSSR count). The van der Waals surface area contributed by atoms with Crippen molar-refractivity contribution < 1.29 is 13.2 Å². The number of rotatable bonds is 3. The highest BCUT2D eigenvalue weighted by Gasteiger charge is 2.32. The molecule has 1 aromatic heterocycles. The normalized spacial score (nSPS) is 15.5. The molecular weight excluding hydrogens is 449 g/mol. The molecule has 0 atom stereocenters. The summed E-state index contributed by atoms with van der Waals surface area (Å²) in [5.74, 6) is -0.351. The molecule has 0 saturated carbocycles. The lowest BCUT2D eigenvalue weighted by molar-refractivity contribution is 0.0692. The lowest BCUT2D eigenvalue weighted by Crippen LogP contribution is -2.50. The van der Waals surface area contributed by atoms with Crippen LogP contribution in [0, 0.1) is 0 Å². The van der Waals surface area contributed by atoms with Crippen LogP contribution in [0.2, 0.25) is 10.0 Å². The van der Waals surface area contributed by atoms with Gasteiger partial charge in [-0.2, -0.15) is 4.31 Å². The number of fused-ring (bicyclic) bond motifs is 1. The Labute approximate surface area is 182 Å². The van der Waals surface area contributed by atoms with Crippen molar-refractivity contribution in [2.24, 2.45) is 0 Å². The summed E-state index contributed by atoms with van der Waals surface area (Å²) in [6.07, 6.45) is 0. The first-order valence-corrected chi connectivity index (χ1v) is 11.3.